The van der Waals surface area contributed by atoms with Crippen LogP contribution in [0.25, 0.3) is 10.4 Å². The highest BCUT2D eigenvalue weighted by molar-refractivity contribution is 7.13. The molecule has 3 amide bonds. The summed E-state index contributed by atoms with van der Waals surface area (Å²) in [6.45, 7) is 5.73. The van der Waals surface area contributed by atoms with Crippen molar-refractivity contribution < 1.29 is 24.2 Å². The molecule has 0 bridgehead atoms. The van der Waals surface area contributed by atoms with Gasteiger partial charge < -0.3 is 25.4 Å². The standard InChI is InChI=1S/C24H32N4O5S/c1-15-21(34-14-26-15)17-7-5-16(6-8-17)12-25-22(31)19-11-18(29)13-28(19)23(32)24(2,3)27-20(30)9-10-33-4/h5-8,14,18-19,29H,9-13H2,1-4H3,(H,25,31)(H,27,30)/t18-,19+/m1/s1. The number of nitrogens with one attached hydrogen (secondary N) is 2. The average molecular weight is 489 g/mol. The van der Waals surface area contributed by atoms with Crippen LogP contribution in [0.2, 0.25) is 0 Å². The molecule has 1 saturated heterocycles. The van der Waals surface area contributed by atoms with E-state index in [2.05, 4.69) is 15.6 Å². The van der Waals surface area contributed by atoms with E-state index < -0.39 is 23.6 Å². The maximum absolute atomic E-state index is 13.2. The first kappa shape index (κ1) is 25.8. The number of likely N-dealkylation sites (tertiary alicyclic amines) is 1. The van der Waals surface area contributed by atoms with E-state index >= 15 is 0 Å². The summed E-state index contributed by atoms with van der Waals surface area (Å²) in [6.07, 6.45) is -0.530. The number of ether oxygens (including phenoxy) is 1. The van der Waals surface area contributed by atoms with Crippen LogP contribution in [0, 0.1) is 6.92 Å². The third kappa shape index (κ3) is 6.19. The monoisotopic (exact) mass is 488 g/mol. The molecule has 3 N–H and O–H groups in total. The fourth-order valence-corrected chi connectivity index (χ4v) is 4.78. The van der Waals surface area contributed by atoms with Crippen molar-refractivity contribution in [1.82, 2.24) is 20.5 Å². The maximum atomic E-state index is 13.2. The maximum Gasteiger partial charge on any atom is 0.248 e. The molecule has 0 saturated carbocycles. The molecular weight excluding hydrogens is 456 g/mol. The van der Waals surface area contributed by atoms with Crippen LogP contribution in [0.5, 0.6) is 0 Å². The molecule has 9 nitrogen and oxygen atoms in total. The number of nitrogens with zero attached hydrogens (tertiary/aromatic N) is 2. The summed E-state index contributed by atoms with van der Waals surface area (Å²) < 4.78 is 4.90. The quantitative estimate of drug-likeness (QED) is 0.493. The first-order valence-corrected chi connectivity index (χ1v) is 12.1. The molecule has 34 heavy (non-hydrogen) atoms. The summed E-state index contributed by atoms with van der Waals surface area (Å²) in [6, 6.07) is 7.06. The predicted molar refractivity (Wildman–Crippen MR) is 129 cm³/mol. The minimum absolute atomic E-state index is 0.0389. The number of hydrogen-bond donors (Lipinski definition) is 3. The lowest BCUT2D eigenvalue weighted by atomic mass is 10.0. The van der Waals surface area contributed by atoms with Gasteiger partial charge >= 0.3 is 0 Å². The Morgan fingerprint density at radius 2 is 1.97 bits per heavy atom. The molecule has 3 rings (SSSR count). The lowest BCUT2D eigenvalue weighted by Crippen LogP contribution is -2.59. The van der Waals surface area contributed by atoms with Crippen LogP contribution in [-0.4, -0.2) is 70.7 Å². The Kier molecular flexibility index (Phi) is 8.40. The van der Waals surface area contributed by atoms with Crippen molar-refractivity contribution in [2.75, 3.05) is 20.3 Å². The van der Waals surface area contributed by atoms with Crippen LogP contribution >= 0.6 is 11.3 Å². The minimum Gasteiger partial charge on any atom is -0.391 e. The highest BCUT2D eigenvalue weighted by atomic mass is 32.1. The van der Waals surface area contributed by atoms with E-state index in [4.69, 9.17) is 4.74 Å². The van der Waals surface area contributed by atoms with E-state index in [1.165, 1.54) is 12.0 Å². The number of rotatable bonds is 9. The van der Waals surface area contributed by atoms with Gasteiger partial charge in [0.1, 0.15) is 11.6 Å². The van der Waals surface area contributed by atoms with Gasteiger partial charge in [-0.05, 0) is 31.9 Å². The van der Waals surface area contributed by atoms with Gasteiger partial charge in [0, 0.05) is 33.0 Å². The Morgan fingerprint density at radius 3 is 2.59 bits per heavy atom. The van der Waals surface area contributed by atoms with Crippen molar-refractivity contribution in [3.8, 4) is 10.4 Å². The van der Waals surface area contributed by atoms with Gasteiger partial charge in [0.05, 0.1) is 28.8 Å². The largest absolute Gasteiger partial charge is 0.391 e. The lowest BCUT2D eigenvalue weighted by Gasteiger charge is -2.33. The highest BCUT2D eigenvalue weighted by Gasteiger charge is 2.44. The van der Waals surface area contributed by atoms with E-state index in [0.717, 1.165) is 21.7 Å². The number of aliphatic hydroxyl groups is 1. The second-order valence-corrected chi connectivity index (χ2v) is 9.82. The smallest absolute Gasteiger partial charge is 0.248 e. The van der Waals surface area contributed by atoms with Crippen LogP contribution in [0.15, 0.2) is 29.8 Å². The Bertz CT molecular complexity index is 1020. The Morgan fingerprint density at radius 1 is 1.26 bits per heavy atom. The fraction of sp³-hybridized carbons (Fsp3) is 0.500. The van der Waals surface area contributed by atoms with Crippen LogP contribution in [0.3, 0.4) is 0 Å². The second-order valence-electron chi connectivity index (χ2n) is 8.96. The molecule has 10 heteroatoms. The van der Waals surface area contributed by atoms with Crippen LogP contribution < -0.4 is 10.6 Å². The number of carbonyl (C=O) groups excluding carboxylic acids is 3. The minimum atomic E-state index is -1.22. The first-order chi connectivity index (χ1) is 16.1. The molecule has 2 heterocycles. The molecule has 0 unspecified atom stereocenters. The number of benzene rings is 1. The predicted octanol–water partition coefficient (Wildman–Crippen LogP) is 1.63. The van der Waals surface area contributed by atoms with E-state index in [-0.39, 0.29) is 37.8 Å². The molecule has 184 valence electrons. The summed E-state index contributed by atoms with van der Waals surface area (Å²) >= 11 is 1.58. The van der Waals surface area contributed by atoms with Crippen LogP contribution in [0.4, 0.5) is 0 Å². The number of aromatic nitrogens is 1. The number of hydrogen-bond acceptors (Lipinski definition) is 7. The SMILES string of the molecule is COCCC(=O)NC(C)(C)C(=O)N1C[C@H](O)C[C@H]1C(=O)NCc1ccc(-c2scnc2C)cc1. The molecule has 2 aromatic rings. The summed E-state index contributed by atoms with van der Waals surface area (Å²) in [5.74, 6) is -1.08. The molecule has 0 aliphatic carbocycles. The van der Waals surface area contributed by atoms with Crippen molar-refractivity contribution in [2.24, 2.45) is 0 Å². The lowest BCUT2D eigenvalue weighted by molar-refractivity contribution is -0.144. The van der Waals surface area contributed by atoms with Gasteiger partial charge in [-0.2, -0.15) is 0 Å². The van der Waals surface area contributed by atoms with Gasteiger partial charge in [-0.1, -0.05) is 24.3 Å². The first-order valence-electron chi connectivity index (χ1n) is 11.2. The number of aliphatic hydroxyl groups excluding tert-OH is 1. The van der Waals surface area contributed by atoms with Gasteiger partial charge in [0.25, 0.3) is 0 Å². The van der Waals surface area contributed by atoms with Gasteiger partial charge in [-0.25, -0.2) is 4.98 Å². The van der Waals surface area contributed by atoms with Crippen LogP contribution in [-0.2, 0) is 25.7 Å². The molecule has 1 aromatic heterocycles. The summed E-state index contributed by atoms with van der Waals surface area (Å²) in [5.41, 5.74) is 3.56. The summed E-state index contributed by atoms with van der Waals surface area (Å²) in [4.78, 5) is 45.0. The van der Waals surface area contributed by atoms with E-state index in [0.29, 0.717) is 6.54 Å². The van der Waals surface area contributed by atoms with Crippen molar-refractivity contribution in [3.05, 3.63) is 41.0 Å². The molecule has 0 spiro atoms. The third-order valence-corrected chi connectivity index (χ3v) is 6.77. The van der Waals surface area contributed by atoms with Crippen molar-refractivity contribution in [3.63, 3.8) is 0 Å². The topological polar surface area (TPSA) is 121 Å². The zero-order valence-corrected chi connectivity index (χ0v) is 20.8. The van der Waals surface area contributed by atoms with Crippen molar-refractivity contribution >= 4 is 29.1 Å². The average Bonchev–Trinajstić information content (AvgIpc) is 3.41. The Balaban J connectivity index is 1.61. The molecule has 1 aliphatic rings. The van der Waals surface area contributed by atoms with Crippen molar-refractivity contribution in [1.29, 1.82) is 0 Å². The molecule has 1 aliphatic heterocycles. The Labute approximate surface area is 203 Å². The van der Waals surface area contributed by atoms with Crippen LogP contribution in [0.1, 0.15) is 37.9 Å². The van der Waals surface area contributed by atoms with E-state index in [9.17, 15) is 19.5 Å². The number of carbonyl (C=O) groups is 3. The summed E-state index contributed by atoms with van der Waals surface area (Å²) in [7, 11) is 1.49. The van der Waals surface area contributed by atoms with E-state index in [1.807, 2.05) is 36.7 Å². The normalized spacial score (nSPS) is 18.1. The molecule has 1 fully saturated rings. The second kappa shape index (κ2) is 11.1. The zero-order valence-electron chi connectivity index (χ0n) is 20.0. The number of β-amino-alcohol motifs (C(OH)–C–C–N with tert-alkyl or cyclic N) is 1. The molecule has 1 aromatic carbocycles. The van der Waals surface area contributed by atoms with Gasteiger partial charge in [-0.3, -0.25) is 14.4 Å². The molecule has 2 atom stereocenters. The molecule has 0 radical (unpaired) electrons. The zero-order chi connectivity index (χ0) is 24.9. The van der Waals surface area contributed by atoms with Gasteiger partial charge in [0.15, 0.2) is 0 Å². The van der Waals surface area contributed by atoms with Crippen molar-refractivity contribution in [2.45, 2.75) is 57.8 Å². The Hall–Kier alpha value is -2.82. The fourth-order valence-electron chi connectivity index (χ4n) is 3.97. The number of amides is 3. The number of thiazole rings is 1. The summed E-state index contributed by atoms with van der Waals surface area (Å²) in [5, 5.41) is 15.7. The number of aryl methyl sites for hydroxylation is 1. The van der Waals surface area contributed by atoms with E-state index in [1.54, 1.807) is 25.2 Å². The highest BCUT2D eigenvalue weighted by Crippen LogP contribution is 2.27. The number of methoxy groups -OCH3 is 1. The van der Waals surface area contributed by atoms with Gasteiger partial charge in [0.2, 0.25) is 17.7 Å². The van der Waals surface area contributed by atoms with Gasteiger partial charge in [-0.15, -0.1) is 11.3 Å². The third-order valence-electron chi connectivity index (χ3n) is 5.79. The molecular formula is C24H32N4O5S.